The molecule has 0 N–H and O–H groups in total. The molecule has 0 radical (unpaired) electrons. The van der Waals surface area contributed by atoms with E-state index in [0.717, 1.165) is 4.41 Å². The molecule has 8 heteroatoms. The fourth-order valence-electron chi connectivity index (χ4n) is 3.55. The highest BCUT2D eigenvalue weighted by Gasteiger charge is 2.39. The first-order valence-electron chi connectivity index (χ1n) is 9.59. The summed E-state index contributed by atoms with van der Waals surface area (Å²) in [5.74, 6) is 0.716. The second kappa shape index (κ2) is 8.39. The van der Waals surface area contributed by atoms with Gasteiger partial charge in [0.15, 0.2) is 0 Å². The lowest BCUT2D eigenvalue weighted by atomic mass is 9.98. The van der Waals surface area contributed by atoms with Crippen molar-refractivity contribution in [3.05, 3.63) is 89.7 Å². The molecule has 3 aromatic carbocycles. The summed E-state index contributed by atoms with van der Waals surface area (Å²) in [5, 5.41) is 4.46. The predicted molar refractivity (Wildman–Crippen MR) is 115 cm³/mol. The van der Waals surface area contributed by atoms with Gasteiger partial charge < -0.3 is 9.47 Å². The fourth-order valence-corrected chi connectivity index (χ4v) is 5.00. The van der Waals surface area contributed by atoms with Crippen LogP contribution in [0.2, 0.25) is 0 Å². The van der Waals surface area contributed by atoms with Gasteiger partial charge in [-0.1, -0.05) is 30.3 Å². The Morgan fingerprint density at radius 3 is 2.32 bits per heavy atom. The zero-order chi connectivity index (χ0) is 22.0. The van der Waals surface area contributed by atoms with E-state index in [0.29, 0.717) is 34.8 Å². The van der Waals surface area contributed by atoms with Crippen LogP contribution in [0.25, 0.3) is 0 Å². The molecule has 4 rings (SSSR count). The monoisotopic (exact) mass is 440 g/mol. The van der Waals surface area contributed by atoms with Crippen molar-refractivity contribution in [3.8, 4) is 11.5 Å². The summed E-state index contributed by atoms with van der Waals surface area (Å²) < 4.78 is 52.2. The Morgan fingerprint density at radius 2 is 1.68 bits per heavy atom. The minimum atomic E-state index is -3.94. The Hall–Kier alpha value is -3.39. The average Bonchev–Trinajstić information content (AvgIpc) is 3.25. The first-order chi connectivity index (χ1) is 14.9. The van der Waals surface area contributed by atoms with Crippen LogP contribution in [0.4, 0.5) is 4.39 Å². The molecule has 0 fully saturated rings. The van der Waals surface area contributed by atoms with E-state index in [1.165, 1.54) is 31.4 Å². The predicted octanol–water partition coefficient (Wildman–Crippen LogP) is 4.38. The van der Waals surface area contributed by atoms with Crippen LogP contribution in [0.1, 0.15) is 23.6 Å². The second-order valence-electron chi connectivity index (χ2n) is 6.97. The Bertz CT molecular complexity index is 1210. The van der Waals surface area contributed by atoms with Crippen molar-refractivity contribution in [1.82, 2.24) is 4.41 Å². The number of nitrogens with zero attached hydrogens (tertiary/aromatic N) is 2. The molecule has 1 atom stereocenters. The van der Waals surface area contributed by atoms with Gasteiger partial charge in [-0.3, -0.25) is 0 Å². The van der Waals surface area contributed by atoms with Crippen LogP contribution < -0.4 is 9.47 Å². The van der Waals surface area contributed by atoms with Gasteiger partial charge in [-0.15, -0.1) is 0 Å². The minimum absolute atomic E-state index is 0.136. The van der Waals surface area contributed by atoms with Crippen LogP contribution in [0.3, 0.4) is 0 Å². The highest BCUT2D eigenvalue weighted by molar-refractivity contribution is 7.89. The van der Waals surface area contributed by atoms with E-state index in [9.17, 15) is 12.8 Å². The summed E-state index contributed by atoms with van der Waals surface area (Å²) in [5.41, 5.74) is 1.86. The first-order valence-corrected chi connectivity index (χ1v) is 11.0. The lowest BCUT2D eigenvalue weighted by Gasteiger charge is -2.25. The van der Waals surface area contributed by atoms with E-state index in [1.807, 2.05) is 0 Å². The van der Waals surface area contributed by atoms with E-state index in [-0.39, 0.29) is 10.7 Å². The van der Waals surface area contributed by atoms with Gasteiger partial charge in [-0.05, 0) is 42.0 Å². The van der Waals surface area contributed by atoms with E-state index >= 15 is 0 Å². The average molecular weight is 440 g/mol. The van der Waals surface area contributed by atoms with E-state index < -0.39 is 16.1 Å². The third kappa shape index (κ3) is 3.98. The summed E-state index contributed by atoms with van der Waals surface area (Å²) in [7, 11) is -0.874. The topological polar surface area (TPSA) is 68.2 Å². The SMILES string of the molecule is COc1ccc(C2CC(c3ccc(F)cc3)=NN2S(=O)(=O)c2ccccc2)c(OC)c1. The molecule has 1 aliphatic heterocycles. The normalized spacial score (nSPS) is 16.2. The number of hydrogen-bond acceptors (Lipinski definition) is 5. The zero-order valence-corrected chi connectivity index (χ0v) is 17.8. The molecule has 1 unspecified atom stereocenters. The number of sulfonamides is 1. The van der Waals surface area contributed by atoms with E-state index in [4.69, 9.17) is 9.47 Å². The Labute approximate surface area is 180 Å². The molecule has 0 saturated carbocycles. The molecule has 0 amide bonds. The third-order valence-corrected chi connectivity index (χ3v) is 6.83. The van der Waals surface area contributed by atoms with Gasteiger partial charge in [0.1, 0.15) is 17.3 Å². The number of hydrazone groups is 1. The molecule has 0 aromatic heterocycles. The van der Waals surface area contributed by atoms with Crippen molar-refractivity contribution in [3.63, 3.8) is 0 Å². The summed E-state index contributed by atoms with van der Waals surface area (Å²) in [6.07, 6.45) is 0.306. The largest absolute Gasteiger partial charge is 0.497 e. The lowest BCUT2D eigenvalue weighted by molar-refractivity contribution is 0.347. The molecule has 0 bridgehead atoms. The molecule has 1 aliphatic rings. The number of hydrogen-bond donors (Lipinski definition) is 0. The van der Waals surface area contributed by atoms with Gasteiger partial charge in [-0.2, -0.15) is 17.9 Å². The van der Waals surface area contributed by atoms with Crippen molar-refractivity contribution in [1.29, 1.82) is 0 Å². The van der Waals surface area contributed by atoms with Crippen LogP contribution in [0, 0.1) is 5.82 Å². The fraction of sp³-hybridized carbons (Fsp3) is 0.174. The smallest absolute Gasteiger partial charge is 0.279 e. The van der Waals surface area contributed by atoms with Gasteiger partial charge >= 0.3 is 0 Å². The Kier molecular flexibility index (Phi) is 5.65. The summed E-state index contributed by atoms with van der Waals surface area (Å²) in [6.45, 7) is 0. The van der Waals surface area contributed by atoms with Crippen molar-refractivity contribution in [2.24, 2.45) is 5.10 Å². The molecule has 1 heterocycles. The number of benzene rings is 3. The van der Waals surface area contributed by atoms with E-state index in [1.54, 1.807) is 55.6 Å². The number of rotatable bonds is 6. The molecule has 31 heavy (non-hydrogen) atoms. The maximum absolute atomic E-state index is 13.5. The van der Waals surface area contributed by atoms with Crippen LogP contribution >= 0.6 is 0 Å². The number of ether oxygens (including phenoxy) is 2. The maximum Gasteiger partial charge on any atom is 0.279 e. The molecule has 0 aliphatic carbocycles. The minimum Gasteiger partial charge on any atom is -0.497 e. The molecule has 0 spiro atoms. The second-order valence-corrected chi connectivity index (χ2v) is 8.77. The van der Waals surface area contributed by atoms with Crippen molar-refractivity contribution < 1.29 is 22.3 Å². The van der Waals surface area contributed by atoms with Crippen molar-refractivity contribution >= 4 is 15.7 Å². The highest BCUT2D eigenvalue weighted by Crippen LogP contribution is 2.41. The van der Waals surface area contributed by atoms with Crippen LogP contribution in [-0.4, -0.2) is 32.8 Å². The van der Waals surface area contributed by atoms with E-state index in [2.05, 4.69) is 5.10 Å². The Balaban J connectivity index is 1.83. The number of methoxy groups -OCH3 is 2. The maximum atomic E-state index is 13.5. The Morgan fingerprint density at radius 1 is 0.968 bits per heavy atom. The summed E-state index contributed by atoms with van der Waals surface area (Å²) in [6, 6.07) is 18.6. The molecule has 160 valence electrons. The third-order valence-electron chi connectivity index (χ3n) is 5.14. The van der Waals surface area contributed by atoms with Gasteiger partial charge in [0, 0.05) is 18.1 Å². The summed E-state index contributed by atoms with van der Waals surface area (Å²) >= 11 is 0. The molecule has 3 aromatic rings. The molecule has 0 saturated heterocycles. The van der Waals surface area contributed by atoms with Crippen LogP contribution in [0.5, 0.6) is 11.5 Å². The van der Waals surface area contributed by atoms with Gasteiger partial charge in [0.05, 0.1) is 30.9 Å². The zero-order valence-electron chi connectivity index (χ0n) is 17.0. The number of halogens is 1. The van der Waals surface area contributed by atoms with Gasteiger partial charge in [0.2, 0.25) is 0 Å². The molecular weight excluding hydrogens is 419 g/mol. The standard InChI is InChI=1S/C23H21FN2O4S/c1-29-18-12-13-20(23(14-18)30-2)22-15-21(16-8-10-17(24)11-9-16)25-26(22)31(27,28)19-6-4-3-5-7-19/h3-14,22H,15H2,1-2H3. The van der Waals surface area contributed by atoms with Crippen molar-refractivity contribution in [2.45, 2.75) is 17.4 Å². The first kappa shape index (κ1) is 20.9. The van der Waals surface area contributed by atoms with Gasteiger partial charge in [0.25, 0.3) is 10.0 Å². The molecule has 6 nitrogen and oxygen atoms in total. The summed E-state index contributed by atoms with van der Waals surface area (Å²) in [4.78, 5) is 0.136. The van der Waals surface area contributed by atoms with Crippen LogP contribution in [0.15, 0.2) is 82.8 Å². The van der Waals surface area contributed by atoms with Crippen molar-refractivity contribution in [2.75, 3.05) is 14.2 Å². The van der Waals surface area contributed by atoms with Gasteiger partial charge in [-0.25, -0.2) is 4.39 Å². The quantitative estimate of drug-likeness (QED) is 0.570. The molecular formula is C23H21FN2O4S. The highest BCUT2D eigenvalue weighted by atomic mass is 32.2. The lowest BCUT2D eigenvalue weighted by Crippen LogP contribution is -2.27. The van der Waals surface area contributed by atoms with Crippen LogP contribution in [-0.2, 0) is 10.0 Å².